The van der Waals surface area contributed by atoms with Gasteiger partial charge >= 0.3 is 5.97 Å². The Balaban J connectivity index is 2.90. The molecule has 23 heavy (non-hydrogen) atoms. The normalized spacial score (nSPS) is 12.1. The minimum atomic E-state index is -0.616. The molecule has 1 amide bonds. The summed E-state index contributed by atoms with van der Waals surface area (Å²) in [4.78, 5) is 24.0. The van der Waals surface area contributed by atoms with Gasteiger partial charge in [0, 0.05) is 10.8 Å². The fourth-order valence-corrected chi connectivity index (χ4v) is 2.74. The molecule has 1 unspecified atom stereocenters. The van der Waals surface area contributed by atoms with Crippen molar-refractivity contribution in [3.8, 4) is 0 Å². The summed E-state index contributed by atoms with van der Waals surface area (Å²) in [6.45, 7) is 7.38. The Kier molecular flexibility index (Phi) is 7.85. The average molecular weight is 362 g/mol. The number of nitrogens with one attached hydrogen (secondary N) is 1. The molecule has 0 radical (unpaired) electrons. The minimum Gasteiger partial charge on any atom is -0.465 e. The van der Waals surface area contributed by atoms with Gasteiger partial charge in [0.1, 0.15) is 11.1 Å². The van der Waals surface area contributed by atoms with Crippen molar-refractivity contribution >= 4 is 40.9 Å². The van der Waals surface area contributed by atoms with E-state index in [4.69, 9.17) is 16.3 Å². The highest BCUT2D eigenvalue weighted by molar-refractivity contribution is 8.00. The summed E-state index contributed by atoms with van der Waals surface area (Å²) in [7, 11) is 0. The standard InChI is InChI=1S/C16H21ClFNO3S/c1-5-6-22-16(21)10(4)23-14-8-13(12(18)7-11(14)17)19-15(20)9(2)3/h7-10H,5-6H2,1-4H3,(H,19,20). The fraction of sp³-hybridized carbons (Fsp3) is 0.500. The zero-order valence-electron chi connectivity index (χ0n) is 13.6. The molecule has 1 aromatic carbocycles. The third kappa shape index (κ3) is 6.03. The molecule has 0 aliphatic heterocycles. The average Bonchev–Trinajstić information content (AvgIpc) is 2.49. The lowest BCUT2D eigenvalue weighted by Gasteiger charge is -2.14. The molecule has 128 valence electrons. The maximum atomic E-state index is 13.9. The minimum absolute atomic E-state index is 0.0460. The van der Waals surface area contributed by atoms with Crippen LogP contribution in [0.5, 0.6) is 0 Å². The van der Waals surface area contributed by atoms with Crippen molar-refractivity contribution in [3.63, 3.8) is 0 Å². The number of thioether (sulfide) groups is 1. The molecule has 0 saturated carbocycles. The highest BCUT2D eigenvalue weighted by atomic mass is 35.5. The summed E-state index contributed by atoms with van der Waals surface area (Å²) in [6, 6.07) is 2.57. The van der Waals surface area contributed by atoms with E-state index in [-0.39, 0.29) is 28.5 Å². The van der Waals surface area contributed by atoms with Gasteiger partial charge in [-0.15, -0.1) is 11.8 Å². The number of benzene rings is 1. The molecule has 4 nitrogen and oxygen atoms in total. The van der Waals surface area contributed by atoms with Gasteiger partial charge in [-0.3, -0.25) is 9.59 Å². The number of anilines is 1. The third-order valence-corrected chi connectivity index (χ3v) is 4.45. The molecule has 0 spiro atoms. The first kappa shape index (κ1) is 19.8. The van der Waals surface area contributed by atoms with E-state index in [1.54, 1.807) is 20.8 Å². The number of ether oxygens (including phenoxy) is 1. The number of hydrogen-bond acceptors (Lipinski definition) is 4. The second-order valence-corrected chi connectivity index (χ2v) is 7.12. The highest BCUT2D eigenvalue weighted by Gasteiger charge is 2.19. The molecule has 0 heterocycles. The molecule has 7 heteroatoms. The summed E-state index contributed by atoms with van der Waals surface area (Å²) in [5.74, 6) is -1.54. The number of carbonyl (C=O) groups is 2. The lowest BCUT2D eigenvalue weighted by atomic mass is 10.2. The van der Waals surface area contributed by atoms with Gasteiger partial charge in [-0.25, -0.2) is 4.39 Å². The molecule has 0 aromatic heterocycles. The SMILES string of the molecule is CCCOC(=O)C(C)Sc1cc(NC(=O)C(C)C)c(F)cc1Cl. The van der Waals surface area contributed by atoms with Crippen LogP contribution < -0.4 is 5.32 Å². The van der Waals surface area contributed by atoms with Crippen molar-refractivity contribution in [1.29, 1.82) is 0 Å². The van der Waals surface area contributed by atoms with Crippen LogP contribution in [0.25, 0.3) is 0 Å². The molecule has 1 aromatic rings. The molecular weight excluding hydrogens is 341 g/mol. The number of halogens is 2. The first-order valence-corrected chi connectivity index (χ1v) is 8.65. The summed E-state index contributed by atoms with van der Waals surface area (Å²) in [5.41, 5.74) is 0.0460. The van der Waals surface area contributed by atoms with Crippen molar-refractivity contribution in [3.05, 3.63) is 23.0 Å². The number of carbonyl (C=O) groups excluding carboxylic acids is 2. The van der Waals surface area contributed by atoms with E-state index in [9.17, 15) is 14.0 Å². The number of hydrogen-bond donors (Lipinski definition) is 1. The maximum absolute atomic E-state index is 13.9. The van der Waals surface area contributed by atoms with Crippen LogP contribution in [0.4, 0.5) is 10.1 Å². The topological polar surface area (TPSA) is 55.4 Å². The van der Waals surface area contributed by atoms with Gasteiger partial charge in [0.25, 0.3) is 0 Å². The monoisotopic (exact) mass is 361 g/mol. The second-order valence-electron chi connectivity index (χ2n) is 5.33. The molecule has 0 fully saturated rings. The van der Waals surface area contributed by atoms with Crippen molar-refractivity contribution in [1.82, 2.24) is 0 Å². The van der Waals surface area contributed by atoms with E-state index < -0.39 is 11.1 Å². The molecule has 0 aliphatic carbocycles. The summed E-state index contributed by atoms with van der Waals surface area (Å²) < 4.78 is 19.0. The Bertz CT molecular complexity index is 581. The predicted octanol–water partition coefficient (Wildman–Crippen LogP) is 4.51. The van der Waals surface area contributed by atoms with E-state index in [2.05, 4.69) is 5.32 Å². The molecule has 1 atom stereocenters. The van der Waals surface area contributed by atoms with Gasteiger partial charge < -0.3 is 10.1 Å². The Morgan fingerprint density at radius 1 is 1.35 bits per heavy atom. The molecule has 0 aliphatic rings. The van der Waals surface area contributed by atoms with Crippen LogP contribution in [0, 0.1) is 11.7 Å². The van der Waals surface area contributed by atoms with Gasteiger partial charge in [0.05, 0.1) is 17.3 Å². The lowest BCUT2D eigenvalue weighted by Crippen LogP contribution is -2.19. The van der Waals surface area contributed by atoms with Gasteiger partial charge in [0.15, 0.2) is 0 Å². The third-order valence-electron chi connectivity index (χ3n) is 2.89. The van der Waals surface area contributed by atoms with E-state index in [0.29, 0.717) is 11.5 Å². The zero-order chi connectivity index (χ0) is 17.6. The Labute approximate surface area is 145 Å². The van der Waals surface area contributed by atoms with Crippen molar-refractivity contribution < 1.29 is 18.7 Å². The van der Waals surface area contributed by atoms with E-state index >= 15 is 0 Å². The summed E-state index contributed by atoms with van der Waals surface area (Å²) in [5, 5.41) is 2.21. The first-order chi connectivity index (χ1) is 10.8. The second kappa shape index (κ2) is 9.13. The quantitative estimate of drug-likeness (QED) is 0.573. The van der Waals surface area contributed by atoms with Crippen molar-refractivity contribution in [2.45, 2.75) is 44.3 Å². The smallest absolute Gasteiger partial charge is 0.319 e. The Morgan fingerprint density at radius 3 is 2.57 bits per heavy atom. The van der Waals surface area contributed by atoms with Gasteiger partial charge in [-0.05, 0) is 25.5 Å². The Hall–Kier alpha value is -1.27. The van der Waals surface area contributed by atoms with E-state index in [1.165, 1.54) is 6.07 Å². The molecule has 1 N–H and O–H groups in total. The molecule has 0 bridgehead atoms. The van der Waals surface area contributed by atoms with E-state index in [1.807, 2.05) is 6.92 Å². The predicted molar refractivity (Wildman–Crippen MR) is 91.4 cm³/mol. The number of rotatable bonds is 7. The van der Waals surface area contributed by atoms with Crippen LogP contribution in [0.1, 0.15) is 34.1 Å². The molecule has 0 saturated heterocycles. The first-order valence-electron chi connectivity index (χ1n) is 7.39. The molecule has 1 rings (SSSR count). The van der Waals surface area contributed by atoms with Gasteiger partial charge in [0.2, 0.25) is 5.91 Å². The van der Waals surface area contributed by atoms with Crippen LogP contribution in [-0.2, 0) is 14.3 Å². The van der Waals surface area contributed by atoms with Crippen LogP contribution in [-0.4, -0.2) is 23.7 Å². The summed E-state index contributed by atoms with van der Waals surface area (Å²) >= 11 is 7.19. The molecular formula is C16H21ClFNO3S. The zero-order valence-corrected chi connectivity index (χ0v) is 15.2. The largest absolute Gasteiger partial charge is 0.465 e. The van der Waals surface area contributed by atoms with Crippen molar-refractivity contribution in [2.24, 2.45) is 5.92 Å². The van der Waals surface area contributed by atoms with Crippen molar-refractivity contribution in [2.75, 3.05) is 11.9 Å². The lowest BCUT2D eigenvalue weighted by molar-refractivity contribution is -0.142. The fourth-order valence-electron chi connectivity index (χ4n) is 1.55. The number of amides is 1. The van der Waals surface area contributed by atoms with Crippen LogP contribution >= 0.6 is 23.4 Å². The van der Waals surface area contributed by atoms with Crippen LogP contribution in [0.2, 0.25) is 5.02 Å². The maximum Gasteiger partial charge on any atom is 0.319 e. The van der Waals surface area contributed by atoms with Gasteiger partial charge in [-0.1, -0.05) is 32.4 Å². The van der Waals surface area contributed by atoms with Crippen LogP contribution in [0.3, 0.4) is 0 Å². The van der Waals surface area contributed by atoms with E-state index in [0.717, 1.165) is 24.2 Å². The van der Waals surface area contributed by atoms with Gasteiger partial charge in [-0.2, -0.15) is 0 Å². The van der Waals surface area contributed by atoms with Crippen LogP contribution in [0.15, 0.2) is 17.0 Å². The number of esters is 1. The highest BCUT2D eigenvalue weighted by Crippen LogP contribution is 2.34. The summed E-state index contributed by atoms with van der Waals surface area (Å²) in [6.07, 6.45) is 0.742. The Morgan fingerprint density at radius 2 is 2.00 bits per heavy atom.